The number of sulfonamides is 1. The Bertz CT molecular complexity index is 1150. The lowest BCUT2D eigenvalue weighted by molar-refractivity contribution is 0.595. The van der Waals surface area contributed by atoms with Crippen LogP contribution in [0.3, 0.4) is 0 Å². The van der Waals surface area contributed by atoms with Gasteiger partial charge in [0.25, 0.3) is 10.0 Å². The molecule has 0 saturated heterocycles. The summed E-state index contributed by atoms with van der Waals surface area (Å²) in [6.45, 7) is 1.97. The molecule has 2 heterocycles. The summed E-state index contributed by atoms with van der Waals surface area (Å²) in [6.07, 6.45) is 1.85. The molecule has 142 valence electrons. The van der Waals surface area contributed by atoms with Crippen LogP contribution in [0.25, 0.3) is 11.3 Å². The van der Waals surface area contributed by atoms with Gasteiger partial charge in [0, 0.05) is 22.4 Å². The van der Waals surface area contributed by atoms with Crippen LogP contribution in [0.2, 0.25) is 0 Å². The zero-order valence-electron chi connectivity index (χ0n) is 14.6. The van der Waals surface area contributed by atoms with Crippen LogP contribution in [0, 0.1) is 0 Å². The van der Waals surface area contributed by atoms with Gasteiger partial charge in [-0.3, -0.25) is 4.72 Å². The lowest BCUT2D eigenvalue weighted by atomic mass is 10.1. The van der Waals surface area contributed by atoms with E-state index in [9.17, 15) is 16.8 Å². The average Bonchev–Trinajstić information content (AvgIpc) is 3.12. The number of rotatable bonds is 6. The van der Waals surface area contributed by atoms with Crippen LogP contribution in [-0.4, -0.2) is 33.3 Å². The van der Waals surface area contributed by atoms with Crippen LogP contribution >= 0.6 is 11.3 Å². The van der Waals surface area contributed by atoms with Crippen LogP contribution in [0.5, 0.6) is 0 Å². The number of anilines is 1. The molecule has 0 spiro atoms. The first kappa shape index (κ1) is 19.5. The first-order valence-electron chi connectivity index (χ1n) is 7.95. The zero-order chi connectivity index (χ0) is 19.7. The molecule has 0 aliphatic heterocycles. The van der Waals surface area contributed by atoms with Crippen LogP contribution in [0.1, 0.15) is 11.8 Å². The van der Waals surface area contributed by atoms with Gasteiger partial charge in [-0.05, 0) is 42.8 Å². The Morgan fingerprint density at radius 2 is 1.63 bits per heavy atom. The predicted octanol–water partition coefficient (Wildman–Crippen LogP) is 2.97. The highest BCUT2D eigenvalue weighted by molar-refractivity contribution is 7.94. The van der Waals surface area contributed by atoms with Crippen molar-refractivity contribution in [1.82, 2.24) is 10.2 Å². The highest BCUT2D eigenvalue weighted by atomic mass is 32.2. The zero-order valence-corrected chi connectivity index (χ0v) is 17.0. The van der Waals surface area contributed by atoms with E-state index in [0.29, 0.717) is 16.9 Å². The molecular weight excluding hydrogens is 406 g/mol. The number of hydrogen-bond acceptors (Lipinski definition) is 7. The second-order valence-electron chi connectivity index (χ2n) is 5.79. The molecule has 0 bridgehead atoms. The number of nitrogens with one attached hydrogen (secondary N) is 1. The maximum atomic E-state index is 12.4. The van der Waals surface area contributed by atoms with Crippen molar-refractivity contribution in [3.63, 3.8) is 0 Å². The van der Waals surface area contributed by atoms with E-state index in [-0.39, 0.29) is 9.24 Å². The van der Waals surface area contributed by atoms with E-state index in [1.54, 1.807) is 42.5 Å². The fourth-order valence-corrected chi connectivity index (χ4v) is 5.14. The lowest BCUT2D eigenvalue weighted by Crippen LogP contribution is -2.11. The van der Waals surface area contributed by atoms with E-state index in [0.717, 1.165) is 17.6 Å². The van der Waals surface area contributed by atoms with Gasteiger partial charge >= 0.3 is 0 Å². The van der Waals surface area contributed by atoms with Gasteiger partial charge in [0.2, 0.25) is 0 Å². The average molecular weight is 424 g/mol. The van der Waals surface area contributed by atoms with Crippen LogP contribution in [-0.2, 0) is 26.3 Å². The minimum atomic E-state index is -3.63. The molecule has 0 saturated carbocycles. The second-order valence-corrected chi connectivity index (χ2v) is 10.8. The molecule has 1 N–H and O–H groups in total. The normalized spacial score (nSPS) is 12.1. The Balaban J connectivity index is 1.79. The molecule has 3 rings (SSSR count). The van der Waals surface area contributed by atoms with E-state index in [4.69, 9.17) is 0 Å². The molecule has 7 nitrogen and oxygen atoms in total. The Morgan fingerprint density at radius 1 is 0.926 bits per heavy atom. The van der Waals surface area contributed by atoms with Gasteiger partial charge in [0.1, 0.15) is 4.21 Å². The van der Waals surface area contributed by atoms with Crippen molar-refractivity contribution in [1.29, 1.82) is 0 Å². The highest BCUT2D eigenvalue weighted by Gasteiger charge is 2.17. The van der Waals surface area contributed by atoms with Crippen molar-refractivity contribution in [3.05, 3.63) is 53.4 Å². The van der Waals surface area contributed by atoms with Crippen molar-refractivity contribution >= 4 is 36.9 Å². The third kappa shape index (κ3) is 4.52. The topological polar surface area (TPSA) is 106 Å². The number of nitrogens with zero attached hydrogens (tertiary/aromatic N) is 2. The quantitative estimate of drug-likeness (QED) is 0.653. The molecule has 2 aromatic heterocycles. The SMILES string of the molecule is CCc1ccc(S(=O)(=O)Nc2ccc(-c3ccc(S(C)(=O)=O)nn3)cc2)s1. The molecule has 3 aromatic rings. The Hall–Kier alpha value is -2.30. The minimum Gasteiger partial charge on any atom is -0.279 e. The fraction of sp³-hybridized carbons (Fsp3) is 0.176. The first-order valence-corrected chi connectivity index (χ1v) is 12.1. The van der Waals surface area contributed by atoms with Crippen molar-refractivity contribution in [2.75, 3.05) is 11.0 Å². The van der Waals surface area contributed by atoms with Gasteiger partial charge in [-0.2, -0.15) is 0 Å². The third-order valence-electron chi connectivity index (χ3n) is 3.70. The van der Waals surface area contributed by atoms with Gasteiger partial charge in [0.05, 0.1) is 5.69 Å². The van der Waals surface area contributed by atoms with Crippen LogP contribution in [0.15, 0.2) is 57.8 Å². The van der Waals surface area contributed by atoms with E-state index in [2.05, 4.69) is 14.9 Å². The molecule has 10 heteroatoms. The predicted molar refractivity (Wildman–Crippen MR) is 105 cm³/mol. The Labute approximate surface area is 162 Å². The maximum Gasteiger partial charge on any atom is 0.271 e. The summed E-state index contributed by atoms with van der Waals surface area (Å²) >= 11 is 1.24. The summed E-state index contributed by atoms with van der Waals surface area (Å²) in [4.78, 5) is 1.00. The molecule has 0 aliphatic carbocycles. The van der Waals surface area contributed by atoms with E-state index in [1.165, 1.54) is 17.4 Å². The van der Waals surface area contributed by atoms with Crippen LogP contribution < -0.4 is 4.72 Å². The fourth-order valence-electron chi connectivity index (χ4n) is 2.28. The molecular formula is C17H17N3O4S3. The van der Waals surface area contributed by atoms with Gasteiger partial charge < -0.3 is 0 Å². The summed E-state index contributed by atoms with van der Waals surface area (Å²) in [6, 6.07) is 13.0. The maximum absolute atomic E-state index is 12.4. The number of thiophene rings is 1. The molecule has 27 heavy (non-hydrogen) atoms. The van der Waals surface area contributed by atoms with E-state index < -0.39 is 19.9 Å². The van der Waals surface area contributed by atoms with E-state index in [1.807, 2.05) is 6.92 Å². The molecule has 0 radical (unpaired) electrons. The molecule has 0 unspecified atom stereocenters. The highest BCUT2D eigenvalue weighted by Crippen LogP contribution is 2.25. The number of benzene rings is 1. The van der Waals surface area contributed by atoms with Crippen LogP contribution in [0.4, 0.5) is 5.69 Å². The lowest BCUT2D eigenvalue weighted by Gasteiger charge is -2.07. The first-order chi connectivity index (χ1) is 12.7. The number of sulfone groups is 1. The summed E-state index contributed by atoms with van der Waals surface area (Å²) in [5, 5.41) is 7.52. The summed E-state index contributed by atoms with van der Waals surface area (Å²) in [5.41, 5.74) is 1.60. The standard InChI is InChI=1S/C17H17N3O4S3/c1-3-14-8-11-17(25-14)27(23,24)20-13-6-4-12(5-7-13)15-9-10-16(19-18-15)26(2,21)22/h4-11,20H,3H2,1-2H3. The molecule has 0 amide bonds. The molecule has 0 aliphatic rings. The van der Waals surface area contributed by atoms with Gasteiger partial charge in [-0.15, -0.1) is 21.5 Å². The Morgan fingerprint density at radius 3 is 2.15 bits per heavy atom. The molecule has 0 atom stereocenters. The number of aromatic nitrogens is 2. The second kappa shape index (κ2) is 7.37. The third-order valence-corrected chi connectivity index (χ3v) is 7.78. The van der Waals surface area contributed by atoms with E-state index >= 15 is 0 Å². The van der Waals surface area contributed by atoms with Crippen molar-refractivity contribution < 1.29 is 16.8 Å². The molecule has 0 fully saturated rings. The van der Waals surface area contributed by atoms with Crippen molar-refractivity contribution in [2.45, 2.75) is 22.6 Å². The summed E-state index contributed by atoms with van der Waals surface area (Å²) in [7, 11) is -7.03. The number of hydrogen-bond donors (Lipinski definition) is 1. The van der Waals surface area contributed by atoms with Gasteiger partial charge in [0.15, 0.2) is 14.9 Å². The number of aryl methyl sites for hydroxylation is 1. The monoisotopic (exact) mass is 423 g/mol. The van der Waals surface area contributed by atoms with Crippen molar-refractivity contribution in [3.8, 4) is 11.3 Å². The Kier molecular flexibility index (Phi) is 5.31. The molecule has 1 aromatic carbocycles. The minimum absolute atomic E-state index is 0.0990. The largest absolute Gasteiger partial charge is 0.279 e. The van der Waals surface area contributed by atoms with Crippen molar-refractivity contribution in [2.24, 2.45) is 0 Å². The smallest absolute Gasteiger partial charge is 0.271 e. The summed E-state index contributed by atoms with van der Waals surface area (Å²) < 4.78 is 50.5. The van der Waals surface area contributed by atoms with Gasteiger partial charge in [-0.25, -0.2) is 16.8 Å². The summed E-state index contributed by atoms with van der Waals surface area (Å²) in [5.74, 6) is 0. The van der Waals surface area contributed by atoms with Gasteiger partial charge in [-0.1, -0.05) is 19.1 Å².